The number of nitrogens with zero attached hydrogens (tertiary/aromatic N) is 2. The van der Waals surface area contributed by atoms with E-state index in [9.17, 15) is 22.8 Å². The van der Waals surface area contributed by atoms with Gasteiger partial charge in [0, 0.05) is 31.9 Å². The quantitative estimate of drug-likeness (QED) is 0.597. The highest BCUT2D eigenvalue weighted by molar-refractivity contribution is 5.98. The molecule has 178 valence electrons. The van der Waals surface area contributed by atoms with Crippen molar-refractivity contribution in [2.45, 2.75) is 38.9 Å². The molecule has 1 aliphatic heterocycles. The number of anilines is 2. The van der Waals surface area contributed by atoms with Gasteiger partial charge >= 0.3 is 6.18 Å². The van der Waals surface area contributed by atoms with E-state index in [-0.39, 0.29) is 37.7 Å². The van der Waals surface area contributed by atoms with Gasteiger partial charge in [0.05, 0.1) is 17.9 Å². The first-order chi connectivity index (χ1) is 15.1. The van der Waals surface area contributed by atoms with Crippen LogP contribution >= 0.6 is 0 Å². The summed E-state index contributed by atoms with van der Waals surface area (Å²) in [5.41, 5.74) is 4.69. The molecule has 0 spiro atoms. The summed E-state index contributed by atoms with van der Waals surface area (Å²) in [6.07, 6.45) is -2.47. The molecule has 32 heavy (non-hydrogen) atoms. The van der Waals surface area contributed by atoms with Gasteiger partial charge in [-0.15, -0.1) is 0 Å². The Morgan fingerprint density at radius 3 is 2.62 bits per heavy atom. The first-order valence-corrected chi connectivity index (χ1v) is 10.9. The Hall–Kier alpha value is -2.17. The van der Waals surface area contributed by atoms with E-state index in [0.29, 0.717) is 18.4 Å². The van der Waals surface area contributed by atoms with Gasteiger partial charge in [-0.2, -0.15) is 13.2 Å². The van der Waals surface area contributed by atoms with E-state index >= 15 is 0 Å². The van der Waals surface area contributed by atoms with Gasteiger partial charge in [0.1, 0.15) is 12.6 Å². The van der Waals surface area contributed by atoms with Crippen LogP contribution in [0.5, 0.6) is 0 Å². The number of alkyl halides is 3. The van der Waals surface area contributed by atoms with E-state index in [1.807, 2.05) is 18.7 Å². The summed E-state index contributed by atoms with van der Waals surface area (Å²) < 4.78 is 46.4. The van der Waals surface area contributed by atoms with E-state index < -0.39 is 29.6 Å². The van der Waals surface area contributed by atoms with Crippen molar-refractivity contribution in [1.29, 1.82) is 0 Å². The van der Waals surface area contributed by atoms with Crippen molar-refractivity contribution in [3.8, 4) is 0 Å². The number of benzene rings is 1. The highest BCUT2D eigenvalue weighted by Crippen LogP contribution is 2.39. The number of nitrogens with one attached hydrogen (secondary N) is 1. The zero-order valence-corrected chi connectivity index (χ0v) is 18.5. The molecule has 3 N–H and O–H groups in total. The molecule has 1 aromatic carbocycles. The molecule has 0 unspecified atom stereocenters. The topological polar surface area (TPSA) is 87.9 Å². The zero-order valence-electron chi connectivity index (χ0n) is 18.5. The lowest BCUT2D eigenvalue weighted by molar-refractivity contribution is -0.137. The van der Waals surface area contributed by atoms with Crippen LogP contribution in [0, 0.1) is 11.8 Å². The molecule has 1 aliphatic carbocycles. The Kier molecular flexibility index (Phi) is 7.79. The van der Waals surface area contributed by atoms with Crippen LogP contribution < -0.4 is 16.0 Å². The molecule has 1 saturated carbocycles. The fourth-order valence-electron chi connectivity index (χ4n) is 3.93. The predicted octanol–water partition coefficient (Wildman–Crippen LogP) is 2.70. The van der Waals surface area contributed by atoms with Gasteiger partial charge in [0.2, 0.25) is 5.91 Å². The molecule has 1 heterocycles. The fourth-order valence-corrected chi connectivity index (χ4v) is 3.93. The summed E-state index contributed by atoms with van der Waals surface area (Å²) in [5, 5.41) is 2.61. The number of hydrogen-bond donors (Lipinski definition) is 2. The number of morpholine rings is 1. The molecule has 2 fully saturated rings. The monoisotopic (exact) mass is 456 g/mol. The molecule has 0 aromatic heterocycles. The van der Waals surface area contributed by atoms with Crippen LogP contribution in [0.4, 0.5) is 24.5 Å². The second-order valence-corrected chi connectivity index (χ2v) is 8.86. The molecule has 1 saturated heterocycles. The molecular weight excluding hydrogens is 425 g/mol. The van der Waals surface area contributed by atoms with Crippen LogP contribution in [-0.2, 0) is 20.5 Å². The van der Waals surface area contributed by atoms with Gasteiger partial charge in [-0.05, 0) is 42.9 Å². The second-order valence-electron chi connectivity index (χ2n) is 8.86. The van der Waals surface area contributed by atoms with E-state index in [1.165, 1.54) is 12.1 Å². The fraction of sp³-hybridized carbons (Fsp3) is 0.636. The molecule has 10 heteroatoms. The van der Waals surface area contributed by atoms with Crippen molar-refractivity contribution in [3.05, 3.63) is 23.8 Å². The second kappa shape index (κ2) is 10.2. The van der Waals surface area contributed by atoms with Crippen LogP contribution in [0.15, 0.2) is 18.2 Å². The molecular formula is C22H31F3N4O3. The van der Waals surface area contributed by atoms with E-state index in [1.54, 1.807) is 0 Å². The third kappa shape index (κ3) is 6.20. The lowest BCUT2D eigenvalue weighted by Gasteiger charge is -2.32. The zero-order chi connectivity index (χ0) is 23.5. The van der Waals surface area contributed by atoms with Gasteiger partial charge in [-0.25, -0.2) is 0 Å². The molecule has 3 rings (SSSR count). The summed E-state index contributed by atoms with van der Waals surface area (Å²) in [6.45, 7) is 5.52. The lowest BCUT2D eigenvalue weighted by Crippen LogP contribution is -2.50. The molecule has 7 nitrogen and oxygen atoms in total. The smallest absolute Gasteiger partial charge is 0.370 e. The number of rotatable bonds is 9. The number of halogens is 3. The summed E-state index contributed by atoms with van der Waals surface area (Å²) in [7, 11) is 0. The normalized spacial score (nSPS) is 18.4. The van der Waals surface area contributed by atoms with Gasteiger partial charge in [-0.1, -0.05) is 13.8 Å². The van der Waals surface area contributed by atoms with Crippen LogP contribution in [0.1, 0.15) is 32.3 Å². The maximum atomic E-state index is 13.8. The van der Waals surface area contributed by atoms with E-state index in [2.05, 4.69) is 5.32 Å². The molecule has 2 amide bonds. The average Bonchev–Trinajstić information content (AvgIpc) is 3.52. The molecule has 1 atom stereocenters. The van der Waals surface area contributed by atoms with Gasteiger partial charge in [-0.3, -0.25) is 14.5 Å². The molecule has 1 aromatic rings. The van der Waals surface area contributed by atoms with Gasteiger partial charge < -0.3 is 20.7 Å². The SMILES string of the molecule is CC(C)CN(CC1CC1)[C@H](CN)C(=O)Nc1ccc(N2CCOCC2=O)c(C(F)(F)F)c1. The van der Waals surface area contributed by atoms with Gasteiger partial charge in [0.15, 0.2) is 0 Å². The van der Waals surface area contributed by atoms with Crippen molar-refractivity contribution < 1.29 is 27.5 Å². The Labute approximate surface area is 186 Å². The van der Waals surface area contributed by atoms with Crippen molar-refractivity contribution >= 4 is 23.2 Å². The predicted molar refractivity (Wildman–Crippen MR) is 115 cm³/mol. The largest absolute Gasteiger partial charge is 0.418 e. The highest BCUT2D eigenvalue weighted by atomic mass is 19.4. The van der Waals surface area contributed by atoms with Crippen molar-refractivity contribution in [1.82, 2.24) is 4.90 Å². The summed E-state index contributed by atoms with van der Waals surface area (Å²) in [4.78, 5) is 28.1. The number of ether oxygens (including phenoxy) is 1. The van der Waals surface area contributed by atoms with E-state index in [4.69, 9.17) is 10.5 Å². The number of carbonyl (C=O) groups is 2. The van der Waals surface area contributed by atoms with Crippen LogP contribution in [0.3, 0.4) is 0 Å². The Balaban J connectivity index is 1.82. The number of hydrogen-bond acceptors (Lipinski definition) is 5. The number of nitrogens with two attached hydrogens (primary N) is 1. The Bertz CT molecular complexity index is 823. The summed E-state index contributed by atoms with van der Waals surface area (Å²) in [5.74, 6) is -0.112. The lowest BCUT2D eigenvalue weighted by atomic mass is 10.1. The molecule has 0 bridgehead atoms. The maximum Gasteiger partial charge on any atom is 0.418 e. The molecule has 2 aliphatic rings. The van der Waals surface area contributed by atoms with Crippen molar-refractivity contribution in [3.63, 3.8) is 0 Å². The van der Waals surface area contributed by atoms with Crippen LogP contribution in [-0.4, -0.2) is 62.1 Å². The minimum atomic E-state index is -4.70. The van der Waals surface area contributed by atoms with Crippen LogP contribution in [0.2, 0.25) is 0 Å². The molecule has 0 radical (unpaired) electrons. The first kappa shape index (κ1) is 24.5. The van der Waals surface area contributed by atoms with Crippen molar-refractivity contribution in [2.24, 2.45) is 17.6 Å². The minimum Gasteiger partial charge on any atom is -0.370 e. The number of amides is 2. The number of carbonyl (C=O) groups excluding carboxylic acids is 2. The summed E-state index contributed by atoms with van der Waals surface area (Å²) in [6, 6.07) is 2.84. The Morgan fingerprint density at radius 1 is 1.34 bits per heavy atom. The third-order valence-electron chi connectivity index (χ3n) is 5.60. The third-order valence-corrected chi connectivity index (χ3v) is 5.60. The standard InChI is InChI=1S/C22H31F3N4O3/c1-14(2)11-28(12-15-3-4-15)19(10-26)21(31)27-16-5-6-18(17(9-16)22(23,24)25)29-7-8-32-13-20(29)30/h5-6,9,14-15,19H,3-4,7-8,10-13,26H2,1-2H3,(H,27,31)/t19-/m1/s1. The minimum absolute atomic E-state index is 0.0150. The Morgan fingerprint density at radius 2 is 2.06 bits per heavy atom. The average molecular weight is 457 g/mol. The van der Waals surface area contributed by atoms with E-state index in [0.717, 1.165) is 30.4 Å². The summed E-state index contributed by atoms with van der Waals surface area (Å²) >= 11 is 0. The highest BCUT2D eigenvalue weighted by Gasteiger charge is 2.37. The van der Waals surface area contributed by atoms with Gasteiger partial charge in [0.25, 0.3) is 5.91 Å². The maximum absolute atomic E-state index is 13.8. The van der Waals surface area contributed by atoms with Crippen molar-refractivity contribution in [2.75, 3.05) is 49.6 Å². The van der Waals surface area contributed by atoms with Crippen LogP contribution in [0.25, 0.3) is 0 Å². The first-order valence-electron chi connectivity index (χ1n) is 10.9.